The first-order valence-corrected chi connectivity index (χ1v) is 8.26. The van der Waals surface area contributed by atoms with E-state index in [9.17, 15) is 9.59 Å². The van der Waals surface area contributed by atoms with Crippen LogP contribution in [0.25, 0.3) is 0 Å². The third-order valence-electron chi connectivity index (χ3n) is 3.37. The van der Waals surface area contributed by atoms with Crippen molar-refractivity contribution in [3.63, 3.8) is 0 Å². The van der Waals surface area contributed by atoms with Crippen LogP contribution < -0.4 is 15.4 Å². The van der Waals surface area contributed by atoms with E-state index in [4.69, 9.17) is 4.74 Å². The fourth-order valence-electron chi connectivity index (χ4n) is 2.20. The molecule has 1 heterocycles. The number of carbonyl (C=O) groups is 2. The summed E-state index contributed by atoms with van der Waals surface area (Å²) in [5.41, 5.74) is 1.69. The normalized spacial score (nSPS) is 10.4. The van der Waals surface area contributed by atoms with E-state index in [2.05, 4.69) is 15.6 Å². The molecule has 0 saturated heterocycles. The number of benzene rings is 1. The van der Waals surface area contributed by atoms with Gasteiger partial charge in [-0.2, -0.15) is 0 Å². The third kappa shape index (κ3) is 6.25. The van der Waals surface area contributed by atoms with Crippen molar-refractivity contribution in [2.24, 2.45) is 0 Å². The van der Waals surface area contributed by atoms with Crippen LogP contribution in [0.15, 0.2) is 48.7 Å². The van der Waals surface area contributed by atoms with Crippen molar-refractivity contribution in [3.05, 3.63) is 59.9 Å². The van der Waals surface area contributed by atoms with Crippen LogP contribution in [-0.4, -0.2) is 29.4 Å². The fourth-order valence-corrected chi connectivity index (χ4v) is 2.20. The molecule has 0 bridgehead atoms. The summed E-state index contributed by atoms with van der Waals surface area (Å²) in [6.45, 7) is 4.46. The number of ether oxygens (including phenoxy) is 1. The minimum Gasteiger partial charge on any atom is -0.491 e. The second kappa shape index (κ2) is 9.42. The van der Waals surface area contributed by atoms with Crippen molar-refractivity contribution in [1.82, 2.24) is 15.6 Å². The van der Waals surface area contributed by atoms with Gasteiger partial charge in [0.25, 0.3) is 0 Å². The molecule has 0 saturated carbocycles. The van der Waals surface area contributed by atoms with E-state index in [0.29, 0.717) is 18.7 Å². The highest BCUT2D eigenvalue weighted by atomic mass is 16.5. The van der Waals surface area contributed by atoms with Crippen LogP contribution in [0.2, 0.25) is 0 Å². The lowest BCUT2D eigenvalue weighted by Gasteiger charge is -2.14. The molecule has 25 heavy (non-hydrogen) atoms. The number of aromatic nitrogens is 1. The minimum atomic E-state index is -0.666. The van der Waals surface area contributed by atoms with Gasteiger partial charge in [-0.25, -0.2) is 0 Å². The summed E-state index contributed by atoms with van der Waals surface area (Å²) < 4.78 is 5.69. The third-order valence-corrected chi connectivity index (χ3v) is 3.37. The highest BCUT2D eigenvalue weighted by Crippen LogP contribution is 2.18. The van der Waals surface area contributed by atoms with Crippen molar-refractivity contribution in [3.8, 4) is 5.75 Å². The van der Waals surface area contributed by atoms with E-state index < -0.39 is 11.8 Å². The van der Waals surface area contributed by atoms with Crippen molar-refractivity contribution < 1.29 is 14.3 Å². The van der Waals surface area contributed by atoms with Crippen LogP contribution in [0, 0.1) is 0 Å². The van der Waals surface area contributed by atoms with E-state index in [1.807, 2.05) is 56.3 Å². The Balaban J connectivity index is 1.79. The summed E-state index contributed by atoms with van der Waals surface area (Å²) in [6, 6.07) is 13.0. The summed E-state index contributed by atoms with van der Waals surface area (Å²) in [5, 5.41) is 5.21. The van der Waals surface area contributed by atoms with Gasteiger partial charge in [0, 0.05) is 37.0 Å². The second-order valence-corrected chi connectivity index (χ2v) is 5.78. The number of hydrogen-bond donors (Lipinski definition) is 2. The van der Waals surface area contributed by atoms with Crippen LogP contribution in [0.1, 0.15) is 25.1 Å². The maximum absolute atomic E-state index is 11.9. The van der Waals surface area contributed by atoms with Crippen LogP contribution in [-0.2, 0) is 22.6 Å². The fraction of sp³-hybridized carbons (Fsp3) is 0.316. The molecule has 2 aromatic rings. The molecule has 132 valence electrons. The minimum absolute atomic E-state index is 0.0340. The number of nitrogens with zero attached hydrogens (tertiary/aromatic N) is 1. The monoisotopic (exact) mass is 341 g/mol. The first-order valence-electron chi connectivity index (χ1n) is 8.26. The number of nitrogens with one attached hydrogen (secondary N) is 2. The second-order valence-electron chi connectivity index (χ2n) is 5.78. The number of pyridine rings is 1. The van der Waals surface area contributed by atoms with Gasteiger partial charge in [0.05, 0.1) is 6.10 Å². The van der Waals surface area contributed by atoms with Crippen molar-refractivity contribution in [2.75, 3.05) is 6.54 Å². The van der Waals surface area contributed by atoms with Crippen LogP contribution in [0.5, 0.6) is 5.75 Å². The van der Waals surface area contributed by atoms with Gasteiger partial charge in [-0.05, 0) is 32.0 Å². The first kappa shape index (κ1) is 18.4. The van der Waals surface area contributed by atoms with Gasteiger partial charge in [0.2, 0.25) is 0 Å². The average molecular weight is 341 g/mol. The Bertz CT molecular complexity index is 702. The number of hydrogen-bond acceptors (Lipinski definition) is 4. The van der Waals surface area contributed by atoms with Crippen LogP contribution in [0.3, 0.4) is 0 Å². The maximum Gasteiger partial charge on any atom is 0.309 e. The molecule has 0 spiro atoms. The molecule has 1 aromatic heterocycles. The van der Waals surface area contributed by atoms with E-state index >= 15 is 0 Å². The molecule has 6 nitrogen and oxygen atoms in total. The predicted octanol–water partition coefficient (Wildman–Crippen LogP) is 1.84. The van der Waals surface area contributed by atoms with Gasteiger partial charge in [0.1, 0.15) is 5.75 Å². The molecule has 2 N–H and O–H groups in total. The average Bonchev–Trinajstić information content (AvgIpc) is 2.61. The standard InChI is InChI=1S/C19H23N3O3/c1-14(2)25-17-9-4-3-7-15(17)13-22-19(24)18(23)21-12-10-16-8-5-6-11-20-16/h3-9,11,14H,10,12-13H2,1-2H3,(H,21,23)(H,22,24). The summed E-state index contributed by atoms with van der Waals surface area (Å²) in [4.78, 5) is 27.9. The first-order chi connectivity index (χ1) is 12.1. The molecule has 0 atom stereocenters. The Hall–Kier alpha value is -2.89. The predicted molar refractivity (Wildman–Crippen MR) is 95.0 cm³/mol. The Morgan fingerprint density at radius 2 is 1.76 bits per heavy atom. The quantitative estimate of drug-likeness (QED) is 0.753. The molecule has 0 aliphatic rings. The lowest BCUT2D eigenvalue weighted by Crippen LogP contribution is -2.40. The summed E-state index contributed by atoms with van der Waals surface area (Å²) in [5.74, 6) is -0.619. The summed E-state index contributed by atoms with van der Waals surface area (Å²) >= 11 is 0. The lowest BCUT2D eigenvalue weighted by molar-refractivity contribution is -0.139. The van der Waals surface area contributed by atoms with Crippen LogP contribution in [0.4, 0.5) is 0 Å². The highest BCUT2D eigenvalue weighted by Gasteiger charge is 2.13. The Morgan fingerprint density at radius 1 is 1.04 bits per heavy atom. The number of carbonyl (C=O) groups excluding carboxylic acids is 2. The molecule has 0 unspecified atom stereocenters. The van der Waals surface area contributed by atoms with Gasteiger partial charge in [-0.3, -0.25) is 14.6 Å². The molecule has 0 aliphatic heterocycles. The van der Waals surface area contributed by atoms with E-state index in [0.717, 1.165) is 11.3 Å². The Labute approximate surface area is 147 Å². The van der Waals surface area contributed by atoms with Crippen molar-refractivity contribution >= 4 is 11.8 Å². The SMILES string of the molecule is CC(C)Oc1ccccc1CNC(=O)C(=O)NCCc1ccccn1. The molecule has 0 radical (unpaired) electrons. The summed E-state index contributed by atoms with van der Waals surface area (Å²) in [6.07, 6.45) is 2.30. The summed E-state index contributed by atoms with van der Waals surface area (Å²) in [7, 11) is 0. The van der Waals surface area contributed by atoms with Crippen molar-refractivity contribution in [2.45, 2.75) is 32.9 Å². The van der Waals surface area contributed by atoms with Gasteiger partial charge in [-0.15, -0.1) is 0 Å². The topological polar surface area (TPSA) is 80.3 Å². The van der Waals surface area contributed by atoms with E-state index in [1.165, 1.54) is 0 Å². The molecule has 2 amide bonds. The number of amides is 2. The van der Waals surface area contributed by atoms with Gasteiger partial charge < -0.3 is 15.4 Å². The van der Waals surface area contributed by atoms with Crippen molar-refractivity contribution in [1.29, 1.82) is 0 Å². The van der Waals surface area contributed by atoms with Gasteiger partial charge in [-0.1, -0.05) is 24.3 Å². The molecule has 6 heteroatoms. The van der Waals surface area contributed by atoms with E-state index in [1.54, 1.807) is 6.20 Å². The molecule has 0 aliphatic carbocycles. The molecule has 2 rings (SSSR count). The largest absolute Gasteiger partial charge is 0.491 e. The molecular weight excluding hydrogens is 318 g/mol. The lowest BCUT2D eigenvalue weighted by atomic mass is 10.2. The zero-order valence-corrected chi connectivity index (χ0v) is 14.5. The molecule has 1 aromatic carbocycles. The molecule has 0 fully saturated rings. The number of rotatable bonds is 7. The maximum atomic E-state index is 11.9. The van der Waals surface area contributed by atoms with Crippen LogP contribution >= 0.6 is 0 Å². The smallest absolute Gasteiger partial charge is 0.309 e. The van der Waals surface area contributed by atoms with Gasteiger partial charge in [0.15, 0.2) is 0 Å². The zero-order valence-electron chi connectivity index (χ0n) is 14.5. The Kier molecular flexibility index (Phi) is 6.95. The Morgan fingerprint density at radius 3 is 2.48 bits per heavy atom. The van der Waals surface area contributed by atoms with E-state index in [-0.39, 0.29) is 12.6 Å². The zero-order chi connectivity index (χ0) is 18.1. The highest BCUT2D eigenvalue weighted by molar-refractivity contribution is 6.35. The molecular formula is C19H23N3O3. The van der Waals surface area contributed by atoms with Gasteiger partial charge >= 0.3 is 11.8 Å². The number of para-hydroxylation sites is 1.